The monoisotopic (exact) mass is 273 g/mol. The number of nitrogens with zero attached hydrogens (tertiary/aromatic N) is 3. The SMILES string of the molecule is Cc1nc(Cl)nc2c1CN(Cc1ccccc1)CC2. The smallest absolute Gasteiger partial charge is 0.222 e. The molecule has 1 aliphatic heterocycles. The quantitative estimate of drug-likeness (QED) is 0.788. The number of hydrogen-bond acceptors (Lipinski definition) is 3. The van der Waals surface area contributed by atoms with Gasteiger partial charge < -0.3 is 0 Å². The Balaban J connectivity index is 1.79. The molecule has 4 heteroatoms. The Morgan fingerprint density at radius 3 is 2.79 bits per heavy atom. The number of benzene rings is 1. The van der Waals surface area contributed by atoms with Crippen LogP contribution in [0.2, 0.25) is 5.28 Å². The average Bonchev–Trinajstić information content (AvgIpc) is 2.40. The lowest BCUT2D eigenvalue weighted by Gasteiger charge is -2.28. The van der Waals surface area contributed by atoms with E-state index < -0.39 is 0 Å². The molecule has 0 saturated carbocycles. The lowest BCUT2D eigenvalue weighted by atomic mass is 10.0. The van der Waals surface area contributed by atoms with Gasteiger partial charge in [-0.15, -0.1) is 0 Å². The number of aromatic nitrogens is 2. The second kappa shape index (κ2) is 5.27. The number of fused-ring (bicyclic) bond motifs is 1. The Hall–Kier alpha value is -1.45. The molecule has 0 saturated heterocycles. The largest absolute Gasteiger partial charge is 0.294 e. The molecule has 0 atom stereocenters. The third-order valence-corrected chi connectivity index (χ3v) is 3.74. The van der Waals surface area contributed by atoms with Crippen LogP contribution < -0.4 is 0 Å². The van der Waals surface area contributed by atoms with Crippen LogP contribution in [0.15, 0.2) is 30.3 Å². The van der Waals surface area contributed by atoms with Crippen LogP contribution in [-0.4, -0.2) is 21.4 Å². The molecular formula is C15H16ClN3. The van der Waals surface area contributed by atoms with Crippen molar-refractivity contribution >= 4 is 11.6 Å². The summed E-state index contributed by atoms with van der Waals surface area (Å²) >= 11 is 5.91. The Bertz CT molecular complexity index is 583. The van der Waals surface area contributed by atoms with E-state index in [2.05, 4.69) is 45.2 Å². The molecule has 0 fully saturated rings. The average molecular weight is 274 g/mol. The first-order valence-corrected chi connectivity index (χ1v) is 6.88. The van der Waals surface area contributed by atoms with Gasteiger partial charge in [0.05, 0.1) is 5.69 Å². The summed E-state index contributed by atoms with van der Waals surface area (Å²) < 4.78 is 0. The minimum absolute atomic E-state index is 0.368. The van der Waals surface area contributed by atoms with Crippen molar-refractivity contribution in [3.63, 3.8) is 0 Å². The maximum atomic E-state index is 5.91. The minimum Gasteiger partial charge on any atom is -0.294 e. The van der Waals surface area contributed by atoms with E-state index in [1.807, 2.05) is 6.92 Å². The van der Waals surface area contributed by atoms with E-state index in [1.165, 1.54) is 11.1 Å². The van der Waals surface area contributed by atoms with Gasteiger partial charge in [-0.3, -0.25) is 4.90 Å². The zero-order chi connectivity index (χ0) is 13.2. The first-order chi connectivity index (χ1) is 9.22. The van der Waals surface area contributed by atoms with Crippen LogP contribution in [0.25, 0.3) is 0 Å². The Morgan fingerprint density at radius 1 is 1.21 bits per heavy atom. The van der Waals surface area contributed by atoms with E-state index >= 15 is 0 Å². The third-order valence-electron chi connectivity index (χ3n) is 3.57. The van der Waals surface area contributed by atoms with Gasteiger partial charge in [-0.1, -0.05) is 30.3 Å². The zero-order valence-electron chi connectivity index (χ0n) is 10.9. The molecule has 3 rings (SSSR count). The van der Waals surface area contributed by atoms with Gasteiger partial charge in [0.1, 0.15) is 0 Å². The molecule has 0 N–H and O–H groups in total. The van der Waals surface area contributed by atoms with Gasteiger partial charge in [-0.25, -0.2) is 9.97 Å². The molecule has 2 heterocycles. The normalized spacial score (nSPS) is 15.3. The fraction of sp³-hybridized carbons (Fsp3) is 0.333. The van der Waals surface area contributed by atoms with Crippen LogP contribution in [0, 0.1) is 6.92 Å². The summed E-state index contributed by atoms with van der Waals surface area (Å²) in [6, 6.07) is 10.6. The highest BCUT2D eigenvalue weighted by molar-refractivity contribution is 6.28. The van der Waals surface area contributed by atoms with Crippen LogP contribution in [-0.2, 0) is 19.5 Å². The number of aryl methyl sites for hydroxylation is 1. The van der Waals surface area contributed by atoms with E-state index in [4.69, 9.17) is 11.6 Å². The lowest BCUT2D eigenvalue weighted by Crippen LogP contribution is -2.31. The molecule has 1 aromatic carbocycles. The van der Waals surface area contributed by atoms with Crippen molar-refractivity contribution in [2.24, 2.45) is 0 Å². The summed E-state index contributed by atoms with van der Waals surface area (Å²) in [5.74, 6) is 0. The van der Waals surface area contributed by atoms with Crippen molar-refractivity contribution in [1.29, 1.82) is 0 Å². The van der Waals surface area contributed by atoms with Crippen LogP contribution in [0.1, 0.15) is 22.5 Å². The van der Waals surface area contributed by atoms with Crippen LogP contribution in [0.3, 0.4) is 0 Å². The predicted octanol–water partition coefficient (Wildman–Crippen LogP) is 3.00. The van der Waals surface area contributed by atoms with Crippen molar-refractivity contribution < 1.29 is 0 Å². The van der Waals surface area contributed by atoms with E-state index in [9.17, 15) is 0 Å². The van der Waals surface area contributed by atoms with Crippen molar-refractivity contribution in [3.8, 4) is 0 Å². The van der Waals surface area contributed by atoms with Gasteiger partial charge in [0.25, 0.3) is 0 Å². The van der Waals surface area contributed by atoms with Crippen molar-refractivity contribution in [1.82, 2.24) is 14.9 Å². The van der Waals surface area contributed by atoms with Crippen LogP contribution in [0.5, 0.6) is 0 Å². The Kier molecular flexibility index (Phi) is 3.49. The Morgan fingerprint density at radius 2 is 2.00 bits per heavy atom. The van der Waals surface area contributed by atoms with Crippen molar-refractivity contribution in [2.75, 3.05) is 6.54 Å². The lowest BCUT2D eigenvalue weighted by molar-refractivity contribution is 0.242. The van der Waals surface area contributed by atoms with Crippen molar-refractivity contribution in [3.05, 3.63) is 58.1 Å². The van der Waals surface area contributed by atoms with E-state index in [0.29, 0.717) is 5.28 Å². The van der Waals surface area contributed by atoms with E-state index in [1.54, 1.807) is 0 Å². The molecule has 0 aliphatic carbocycles. The van der Waals surface area contributed by atoms with Gasteiger partial charge >= 0.3 is 0 Å². The topological polar surface area (TPSA) is 29.0 Å². The molecule has 98 valence electrons. The van der Waals surface area contributed by atoms with Gasteiger partial charge in [0.15, 0.2) is 0 Å². The summed E-state index contributed by atoms with van der Waals surface area (Å²) in [5.41, 5.74) is 4.71. The maximum absolute atomic E-state index is 5.91. The molecule has 0 amide bonds. The van der Waals surface area contributed by atoms with Gasteiger partial charge in [0.2, 0.25) is 5.28 Å². The third kappa shape index (κ3) is 2.77. The maximum Gasteiger partial charge on any atom is 0.222 e. The highest BCUT2D eigenvalue weighted by Crippen LogP contribution is 2.22. The van der Waals surface area contributed by atoms with E-state index in [-0.39, 0.29) is 0 Å². The fourth-order valence-electron chi connectivity index (χ4n) is 2.57. The molecule has 1 aromatic heterocycles. The number of rotatable bonds is 2. The second-order valence-electron chi connectivity index (χ2n) is 4.95. The molecule has 1 aliphatic rings. The van der Waals surface area contributed by atoms with Crippen molar-refractivity contribution in [2.45, 2.75) is 26.4 Å². The standard InChI is InChI=1S/C15H16ClN3/c1-11-13-10-19(9-12-5-3-2-4-6-12)8-7-14(13)18-15(16)17-11/h2-6H,7-10H2,1H3. The van der Waals surface area contributed by atoms with Gasteiger partial charge in [-0.2, -0.15) is 0 Å². The van der Waals surface area contributed by atoms with E-state index in [0.717, 1.165) is 37.4 Å². The summed E-state index contributed by atoms with van der Waals surface area (Å²) in [6.07, 6.45) is 0.950. The second-order valence-corrected chi connectivity index (χ2v) is 5.29. The van der Waals surface area contributed by atoms with Crippen LogP contribution >= 0.6 is 11.6 Å². The first kappa shape index (κ1) is 12.6. The molecule has 0 bridgehead atoms. The summed E-state index contributed by atoms with van der Waals surface area (Å²) in [6.45, 7) is 4.92. The molecule has 3 nitrogen and oxygen atoms in total. The number of hydrogen-bond donors (Lipinski definition) is 0. The summed E-state index contributed by atoms with van der Waals surface area (Å²) in [4.78, 5) is 11.0. The van der Waals surface area contributed by atoms with Gasteiger partial charge in [0, 0.05) is 37.3 Å². The first-order valence-electron chi connectivity index (χ1n) is 6.50. The fourth-order valence-corrected chi connectivity index (χ4v) is 2.80. The molecule has 19 heavy (non-hydrogen) atoms. The molecule has 0 spiro atoms. The predicted molar refractivity (Wildman–Crippen MR) is 76.0 cm³/mol. The molecule has 0 unspecified atom stereocenters. The summed E-state index contributed by atoms with van der Waals surface area (Å²) in [7, 11) is 0. The van der Waals surface area contributed by atoms with Gasteiger partial charge in [-0.05, 0) is 24.1 Å². The minimum atomic E-state index is 0.368. The zero-order valence-corrected chi connectivity index (χ0v) is 11.7. The highest BCUT2D eigenvalue weighted by atomic mass is 35.5. The molecule has 0 radical (unpaired) electrons. The highest BCUT2D eigenvalue weighted by Gasteiger charge is 2.20. The molecular weight excluding hydrogens is 258 g/mol. The molecule has 2 aromatic rings. The Labute approximate surface area is 118 Å². The number of halogens is 1. The summed E-state index contributed by atoms with van der Waals surface area (Å²) in [5, 5.41) is 0.368. The van der Waals surface area contributed by atoms with Crippen LogP contribution in [0.4, 0.5) is 0 Å².